The van der Waals surface area contributed by atoms with Crippen molar-refractivity contribution in [3.8, 4) is 5.75 Å². The molecule has 0 radical (unpaired) electrons. The Kier molecular flexibility index (Phi) is 3.88. The summed E-state index contributed by atoms with van der Waals surface area (Å²) in [4.78, 5) is 2.52. The Morgan fingerprint density at radius 3 is 2.80 bits per heavy atom. The lowest BCUT2D eigenvalue weighted by Gasteiger charge is -2.35. The Labute approximate surface area is 121 Å². The van der Waals surface area contributed by atoms with Crippen molar-refractivity contribution >= 4 is 5.69 Å². The average molecular weight is 275 g/mol. The number of hydrogen-bond acceptors (Lipinski definition) is 3. The van der Waals surface area contributed by atoms with Gasteiger partial charge in [0.15, 0.2) is 0 Å². The summed E-state index contributed by atoms with van der Waals surface area (Å²) in [5.41, 5.74) is 2.12. The van der Waals surface area contributed by atoms with Crippen molar-refractivity contribution in [3.05, 3.63) is 23.8 Å². The Hall–Kier alpha value is -1.22. The molecule has 1 saturated heterocycles. The second kappa shape index (κ2) is 5.65. The average Bonchev–Trinajstić information content (AvgIpc) is 2.90. The van der Waals surface area contributed by atoms with Crippen LogP contribution in [0.4, 0.5) is 5.69 Å². The zero-order valence-electron chi connectivity index (χ0n) is 12.5. The van der Waals surface area contributed by atoms with Gasteiger partial charge in [0.05, 0.1) is 13.2 Å². The summed E-state index contributed by atoms with van der Waals surface area (Å²) >= 11 is 0. The number of methoxy groups -OCH3 is 1. The molecule has 0 amide bonds. The van der Waals surface area contributed by atoms with Gasteiger partial charge in [-0.15, -0.1) is 0 Å². The standard InChI is InChI=1S/C17H25NO2/c1-12(19)17-15(8-5-9-16(17)20-2)18-11-10-13-6-3-4-7-14(13)18/h5,8-9,12-14,19H,3-4,6-7,10-11H2,1-2H3. The van der Waals surface area contributed by atoms with Crippen molar-refractivity contribution in [2.24, 2.45) is 5.92 Å². The van der Waals surface area contributed by atoms with E-state index in [1.165, 1.54) is 37.8 Å². The number of fused-ring (bicyclic) bond motifs is 1. The van der Waals surface area contributed by atoms with Gasteiger partial charge in [-0.05, 0) is 44.2 Å². The Bertz CT molecular complexity index is 472. The van der Waals surface area contributed by atoms with Crippen molar-refractivity contribution in [1.82, 2.24) is 0 Å². The summed E-state index contributed by atoms with van der Waals surface area (Å²) in [7, 11) is 1.68. The third-order valence-electron chi connectivity index (χ3n) is 5.00. The smallest absolute Gasteiger partial charge is 0.126 e. The lowest BCUT2D eigenvalue weighted by molar-refractivity contribution is 0.194. The molecule has 1 aromatic carbocycles. The van der Waals surface area contributed by atoms with Gasteiger partial charge in [0.25, 0.3) is 0 Å². The van der Waals surface area contributed by atoms with Crippen molar-refractivity contribution in [2.45, 2.75) is 51.2 Å². The van der Waals surface area contributed by atoms with Crippen LogP contribution in [0.1, 0.15) is 50.7 Å². The molecule has 3 heteroatoms. The molecule has 3 unspecified atom stereocenters. The second-order valence-corrected chi connectivity index (χ2v) is 6.16. The Morgan fingerprint density at radius 2 is 2.05 bits per heavy atom. The fourth-order valence-corrected chi connectivity index (χ4v) is 4.09. The summed E-state index contributed by atoms with van der Waals surface area (Å²) in [6.07, 6.45) is 6.18. The van der Waals surface area contributed by atoms with E-state index in [2.05, 4.69) is 11.0 Å². The number of hydrogen-bond donors (Lipinski definition) is 1. The maximum atomic E-state index is 10.2. The topological polar surface area (TPSA) is 32.7 Å². The minimum absolute atomic E-state index is 0.496. The van der Waals surface area contributed by atoms with Gasteiger partial charge in [-0.25, -0.2) is 0 Å². The van der Waals surface area contributed by atoms with Gasteiger partial charge in [-0.1, -0.05) is 18.9 Å². The normalized spacial score (nSPS) is 27.2. The summed E-state index contributed by atoms with van der Waals surface area (Å²) in [6, 6.07) is 6.78. The number of benzene rings is 1. The first kappa shape index (κ1) is 13.7. The van der Waals surface area contributed by atoms with Crippen LogP contribution >= 0.6 is 0 Å². The second-order valence-electron chi connectivity index (χ2n) is 6.16. The highest BCUT2D eigenvalue weighted by Gasteiger charge is 2.37. The van der Waals surface area contributed by atoms with Crippen LogP contribution in [-0.4, -0.2) is 24.8 Å². The van der Waals surface area contributed by atoms with Gasteiger partial charge in [0.2, 0.25) is 0 Å². The van der Waals surface area contributed by atoms with E-state index >= 15 is 0 Å². The highest BCUT2D eigenvalue weighted by molar-refractivity contribution is 5.61. The number of rotatable bonds is 3. The molecule has 2 aliphatic rings. The number of anilines is 1. The van der Waals surface area contributed by atoms with Crippen LogP contribution in [0.5, 0.6) is 5.75 Å². The summed E-state index contributed by atoms with van der Waals surface area (Å²) < 4.78 is 5.46. The predicted octanol–water partition coefficient (Wildman–Crippen LogP) is 3.52. The van der Waals surface area contributed by atoms with E-state index in [0.717, 1.165) is 23.8 Å². The lowest BCUT2D eigenvalue weighted by Crippen LogP contribution is -2.35. The molecule has 3 atom stereocenters. The summed E-state index contributed by atoms with van der Waals surface area (Å²) in [5, 5.41) is 10.2. The number of aliphatic hydroxyl groups excluding tert-OH is 1. The van der Waals surface area contributed by atoms with E-state index in [1.54, 1.807) is 7.11 Å². The zero-order chi connectivity index (χ0) is 14.1. The molecule has 0 spiro atoms. The Balaban J connectivity index is 1.97. The van der Waals surface area contributed by atoms with Gasteiger partial charge >= 0.3 is 0 Å². The number of ether oxygens (including phenoxy) is 1. The van der Waals surface area contributed by atoms with E-state index in [0.29, 0.717) is 6.04 Å². The fourth-order valence-electron chi connectivity index (χ4n) is 4.09. The molecule has 0 aromatic heterocycles. The lowest BCUT2D eigenvalue weighted by atomic mass is 9.85. The first-order valence-corrected chi connectivity index (χ1v) is 7.84. The molecule has 110 valence electrons. The molecule has 3 nitrogen and oxygen atoms in total. The Morgan fingerprint density at radius 1 is 1.25 bits per heavy atom. The van der Waals surface area contributed by atoms with Crippen LogP contribution in [0.25, 0.3) is 0 Å². The minimum Gasteiger partial charge on any atom is -0.496 e. The molecule has 2 fully saturated rings. The molecule has 0 bridgehead atoms. The van der Waals surface area contributed by atoms with Crippen LogP contribution in [0.3, 0.4) is 0 Å². The molecule has 1 aliphatic heterocycles. The van der Waals surface area contributed by atoms with Crippen molar-refractivity contribution in [1.29, 1.82) is 0 Å². The number of nitrogens with zero attached hydrogens (tertiary/aromatic N) is 1. The van der Waals surface area contributed by atoms with E-state index in [-0.39, 0.29) is 0 Å². The monoisotopic (exact) mass is 275 g/mol. The van der Waals surface area contributed by atoms with E-state index < -0.39 is 6.10 Å². The number of aliphatic hydroxyl groups is 1. The first-order valence-electron chi connectivity index (χ1n) is 7.84. The zero-order valence-corrected chi connectivity index (χ0v) is 12.5. The SMILES string of the molecule is COc1cccc(N2CCC3CCCCC32)c1C(C)O. The quantitative estimate of drug-likeness (QED) is 0.916. The molecule has 1 aliphatic carbocycles. The van der Waals surface area contributed by atoms with Crippen molar-refractivity contribution in [2.75, 3.05) is 18.6 Å². The van der Waals surface area contributed by atoms with E-state index in [1.807, 2.05) is 19.1 Å². The highest BCUT2D eigenvalue weighted by Crippen LogP contribution is 2.43. The third-order valence-corrected chi connectivity index (χ3v) is 5.00. The molecule has 1 N–H and O–H groups in total. The molecule has 20 heavy (non-hydrogen) atoms. The van der Waals surface area contributed by atoms with Crippen LogP contribution in [-0.2, 0) is 0 Å². The molecule has 1 heterocycles. The predicted molar refractivity (Wildman–Crippen MR) is 81.3 cm³/mol. The molecule has 3 rings (SSSR count). The molecular weight excluding hydrogens is 250 g/mol. The third kappa shape index (κ3) is 2.28. The first-order chi connectivity index (χ1) is 9.72. The molecule has 1 saturated carbocycles. The van der Waals surface area contributed by atoms with E-state index in [9.17, 15) is 5.11 Å². The van der Waals surface area contributed by atoms with Gasteiger partial charge in [-0.3, -0.25) is 0 Å². The van der Waals surface area contributed by atoms with Crippen molar-refractivity contribution < 1.29 is 9.84 Å². The highest BCUT2D eigenvalue weighted by atomic mass is 16.5. The minimum atomic E-state index is -0.496. The summed E-state index contributed by atoms with van der Waals surface area (Å²) in [5.74, 6) is 1.65. The maximum Gasteiger partial charge on any atom is 0.126 e. The van der Waals surface area contributed by atoms with Crippen LogP contribution in [0.2, 0.25) is 0 Å². The van der Waals surface area contributed by atoms with Gasteiger partial charge < -0.3 is 14.7 Å². The molecule has 1 aromatic rings. The maximum absolute atomic E-state index is 10.2. The van der Waals surface area contributed by atoms with Crippen LogP contribution < -0.4 is 9.64 Å². The van der Waals surface area contributed by atoms with Crippen LogP contribution in [0, 0.1) is 5.92 Å². The summed E-state index contributed by atoms with van der Waals surface area (Å²) in [6.45, 7) is 2.94. The van der Waals surface area contributed by atoms with Gasteiger partial charge in [0, 0.05) is 23.8 Å². The van der Waals surface area contributed by atoms with Crippen LogP contribution in [0.15, 0.2) is 18.2 Å². The largest absolute Gasteiger partial charge is 0.496 e. The van der Waals surface area contributed by atoms with Gasteiger partial charge in [-0.2, -0.15) is 0 Å². The van der Waals surface area contributed by atoms with Crippen molar-refractivity contribution in [3.63, 3.8) is 0 Å². The van der Waals surface area contributed by atoms with E-state index in [4.69, 9.17) is 4.74 Å². The fraction of sp³-hybridized carbons (Fsp3) is 0.647. The van der Waals surface area contributed by atoms with Gasteiger partial charge in [0.1, 0.15) is 5.75 Å². The molecular formula is C17H25NO2.